The van der Waals surface area contributed by atoms with Crippen molar-refractivity contribution in [2.24, 2.45) is 7.05 Å². The number of nitrogens with zero attached hydrogens (tertiary/aromatic N) is 4. The summed E-state index contributed by atoms with van der Waals surface area (Å²) in [5.41, 5.74) is 6.51. The van der Waals surface area contributed by atoms with E-state index in [1.807, 2.05) is 24.1 Å². The molecule has 1 aromatic heterocycles. The van der Waals surface area contributed by atoms with E-state index in [4.69, 9.17) is 10.1 Å². The van der Waals surface area contributed by atoms with Crippen molar-refractivity contribution in [3.63, 3.8) is 0 Å². The lowest BCUT2D eigenvalue weighted by molar-refractivity contribution is -0.117. The van der Waals surface area contributed by atoms with Crippen LogP contribution in [-0.2, 0) is 23.0 Å². The summed E-state index contributed by atoms with van der Waals surface area (Å²) in [4.78, 5) is 15.3. The molecule has 8 heteroatoms. The molecular weight excluding hydrogens is 404 g/mol. The third-order valence-corrected chi connectivity index (χ3v) is 6.58. The molecule has 1 saturated heterocycles. The first-order valence-electron chi connectivity index (χ1n) is 11.4. The molecule has 1 fully saturated rings. The second-order valence-corrected chi connectivity index (χ2v) is 8.78. The highest BCUT2D eigenvalue weighted by Crippen LogP contribution is 2.33. The third-order valence-electron chi connectivity index (χ3n) is 6.58. The SMILES string of the molecule is Cn1cc(-c2ccc3c(c2)CCCN3C(=N)C2=C(NC3CCCO3)CCN(C=O)C2)cn1. The Balaban J connectivity index is 1.45. The van der Waals surface area contributed by atoms with Gasteiger partial charge in [-0.3, -0.25) is 14.9 Å². The highest BCUT2D eigenvalue weighted by Gasteiger charge is 2.29. The summed E-state index contributed by atoms with van der Waals surface area (Å²) in [6.45, 7) is 2.70. The molecule has 0 aliphatic carbocycles. The van der Waals surface area contributed by atoms with E-state index in [0.717, 1.165) is 79.8 Å². The van der Waals surface area contributed by atoms with Crippen molar-refractivity contribution in [3.05, 3.63) is 47.4 Å². The molecule has 5 rings (SSSR count). The average Bonchev–Trinajstić information content (AvgIpc) is 3.50. The van der Waals surface area contributed by atoms with E-state index in [9.17, 15) is 4.79 Å². The molecule has 0 spiro atoms. The first-order valence-corrected chi connectivity index (χ1v) is 11.4. The Labute approximate surface area is 188 Å². The zero-order valence-corrected chi connectivity index (χ0v) is 18.5. The lowest BCUT2D eigenvalue weighted by Gasteiger charge is -2.36. The summed E-state index contributed by atoms with van der Waals surface area (Å²) in [7, 11) is 1.92. The molecule has 1 amide bonds. The van der Waals surface area contributed by atoms with Gasteiger partial charge < -0.3 is 19.9 Å². The molecule has 0 saturated carbocycles. The van der Waals surface area contributed by atoms with Crippen LogP contribution in [0.15, 0.2) is 41.9 Å². The van der Waals surface area contributed by atoms with Gasteiger partial charge in [0.05, 0.1) is 12.7 Å². The van der Waals surface area contributed by atoms with Gasteiger partial charge in [0.2, 0.25) is 6.41 Å². The van der Waals surface area contributed by atoms with Crippen LogP contribution in [0.2, 0.25) is 0 Å². The summed E-state index contributed by atoms with van der Waals surface area (Å²) in [6, 6.07) is 6.46. The summed E-state index contributed by atoms with van der Waals surface area (Å²) >= 11 is 0. The summed E-state index contributed by atoms with van der Waals surface area (Å²) in [5.74, 6) is 0.479. The molecule has 32 heavy (non-hydrogen) atoms. The zero-order valence-electron chi connectivity index (χ0n) is 18.5. The van der Waals surface area contributed by atoms with Crippen LogP contribution in [0.5, 0.6) is 0 Å². The van der Waals surface area contributed by atoms with Crippen LogP contribution in [0.4, 0.5) is 5.69 Å². The molecule has 1 aromatic carbocycles. The van der Waals surface area contributed by atoms with Gasteiger partial charge in [-0.2, -0.15) is 5.10 Å². The van der Waals surface area contributed by atoms with E-state index in [1.165, 1.54) is 5.56 Å². The van der Waals surface area contributed by atoms with Crippen LogP contribution in [0.1, 0.15) is 31.2 Å². The molecule has 3 aliphatic rings. The molecule has 4 heterocycles. The van der Waals surface area contributed by atoms with Crippen LogP contribution < -0.4 is 10.2 Å². The van der Waals surface area contributed by atoms with Crippen molar-refractivity contribution in [2.75, 3.05) is 31.1 Å². The Morgan fingerprint density at radius 2 is 2.16 bits per heavy atom. The highest BCUT2D eigenvalue weighted by atomic mass is 16.5. The summed E-state index contributed by atoms with van der Waals surface area (Å²) in [5, 5.41) is 16.9. The number of aromatic nitrogens is 2. The summed E-state index contributed by atoms with van der Waals surface area (Å²) < 4.78 is 7.59. The molecule has 1 atom stereocenters. The highest BCUT2D eigenvalue weighted by molar-refractivity contribution is 6.09. The number of rotatable bonds is 5. The number of amidine groups is 1. The van der Waals surface area contributed by atoms with Crippen molar-refractivity contribution in [1.82, 2.24) is 20.0 Å². The number of ether oxygens (including phenoxy) is 1. The van der Waals surface area contributed by atoms with Crippen LogP contribution in [-0.4, -0.2) is 59.4 Å². The lowest BCUT2D eigenvalue weighted by atomic mass is 9.95. The molecule has 3 aliphatic heterocycles. The van der Waals surface area contributed by atoms with E-state index in [1.54, 1.807) is 4.90 Å². The first-order chi connectivity index (χ1) is 15.6. The Kier molecular flexibility index (Phi) is 5.70. The number of amides is 1. The normalized spacial score (nSPS) is 21.0. The van der Waals surface area contributed by atoms with E-state index in [2.05, 4.69) is 33.5 Å². The lowest BCUT2D eigenvalue weighted by Crippen LogP contribution is -2.44. The second kappa shape index (κ2) is 8.78. The Morgan fingerprint density at radius 3 is 2.91 bits per heavy atom. The smallest absolute Gasteiger partial charge is 0.210 e. The predicted molar refractivity (Wildman–Crippen MR) is 123 cm³/mol. The van der Waals surface area contributed by atoms with Crippen molar-refractivity contribution < 1.29 is 9.53 Å². The number of hydrogen-bond donors (Lipinski definition) is 2. The van der Waals surface area contributed by atoms with Gasteiger partial charge in [0.15, 0.2) is 0 Å². The maximum atomic E-state index is 11.5. The topological polar surface area (TPSA) is 86.5 Å². The molecule has 0 bridgehead atoms. The predicted octanol–water partition coefficient (Wildman–Crippen LogP) is 2.66. The van der Waals surface area contributed by atoms with E-state index >= 15 is 0 Å². The number of hydrogen-bond acceptors (Lipinski definition) is 5. The van der Waals surface area contributed by atoms with E-state index < -0.39 is 0 Å². The standard InChI is InChI=1S/C24H30N6O2/c1-28-14-19(13-26-28)17-6-7-22-18(12-17)4-2-9-30(22)24(25)20-15-29(16-31)10-8-21(20)27-23-5-3-11-32-23/h6-7,12-14,16,23,25,27H,2-5,8-11,15H2,1H3. The van der Waals surface area contributed by atoms with Crippen molar-refractivity contribution in [2.45, 2.75) is 38.3 Å². The fourth-order valence-corrected chi connectivity index (χ4v) is 4.88. The number of nitrogens with one attached hydrogen (secondary N) is 2. The van der Waals surface area contributed by atoms with Gasteiger partial charge in [0.1, 0.15) is 12.1 Å². The van der Waals surface area contributed by atoms with Crippen LogP contribution in [0, 0.1) is 5.41 Å². The molecule has 8 nitrogen and oxygen atoms in total. The van der Waals surface area contributed by atoms with Crippen LogP contribution >= 0.6 is 0 Å². The van der Waals surface area contributed by atoms with E-state index in [0.29, 0.717) is 18.9 Å². The fourth-order valence-electron chi connectivity index (χ4n) is 4.88. The van der Waals surface area contributed by atoms with Gasteiger partial charge in [-0.1, -0.05) is 6.07 Å². The van der Waals surface area contributed by atoms with Crippen molar-refractivity contribution in [3.8, 4) is 11.1 Å². The minimum atomic E-state index is 0.00580. The molecule has 2 aromatic rings. The fraction of sp³-hybridized carbons (Fsp3) is 0.458. The number of carbonyl (C=O) groups is 1. The monoisotopic (exact) mass is 434 g/mol. The van der Waals surface area contributed by atoms with Crippen molar-refractivity contribution in [1.29, 1.82) is 5.41 Å². The average molecular weight is 435 g/mol. The van der Waals surface area contributed by atoms with Gasteiger partial charge in [-0.05, 0) is 48.9 Å². The van der Waals surface area contributed by atoms with Crippen molar-refractivity contribution >= 4 is 17.9 Å². The quantitative estimate of drug-likeness (QED) is 0.429. The summed E-state index contributed by atoms with van der Waals surface area (Å²) in [6.07, 6.45) is 9.53. The van der Waals surface area contributed by atoms with E-state index in [-0.39, 0.29) is 6.23 Å². The van der Waals surface area contributed by atoms with Crippen LogP contribution in [0.3, 0.4) is 0 Å². The molecule has 2 N–H and O–H groups in total. The Hall–Kier alpha value is -3.13. The number of aryl methyl sites for hydroxylation is 2. The second-order valence-electron chi connectivity index (χ2n) is 8.78. The number of anilines is 1. The largest absolute Gasteiger partial charge is 0.363 e. The molecular formula is C24H30N6O2. The number of benzene rings is 1. The number of fused-ring (bicyclic) bond motifs is 1. The number of carbonyl (C=O) groups excluding carboxylic acids is 1. The zero-order chi connectivity index (χ0) is 22.1. The van der Waals surface area contributed by atoms with Gasteiger partial charge >= 0.3 is 0 Å². The molecule has 0 radical (unpaired) electrons. The van der Waals surface area contributed by atoms with Crippen LogP contribution in [0.25, 0.3) is 11.1 Å². The van der Waals surface area contributed by atoms with Gasteiger partial charge in [0.25, 0.3) is 0 Å². The first kappa shape index (κ1) is 20.8. The van der Waals surface area contributed by atoms with Gasteiger partial charge in [0, 0.05) is 61.9 Å². The molecule has 1 unspecified atom stereocenters. The van der Waals surface area contributed by atoms with Gasteiger partial charge in [-0.25, -0.2) is 0 Å². The maximum Gasteiger partial charge on any atom is 0.210 e. The Morgan fingerprint density at radius 1 is 1.25 bits per heavy atom. The third kappa shape index (κ3) is 4.02. The maximum absolute atomic E-state index is 11.5. The van der Waals surface area contributed by atoms with Gasteiger partial charge in [-0.15, -0.1) is 0 Å². The minimum absolute atomic E-state index is 0.00580. The Bertz CT molecular complexity index is 1050. The minimum Gasteiger partial charge on any atom is -0.363 e. The molecule has 168 valence electrons.